The van der Waals surface area contributed by atoms with Gasteiger partial charge in [-0.3, -0.25) is 9.59 Å². The first-order valence-electron chi connectivity index (χ1n) is 16.8. The number of hydrogen-bond acceptors (Lipinski definition) is 16. The minimum absolute atomic E-state index is 0.238. The summed E-state index contributed by atoms with van der Waals surface area (Å²) in [6.07, 6.45) is -3.74. The highest BCUT2D eigenvalue weighted by molar-refractivity contribution is 5.88. The molecule has 0 amide bonds. The fourth-order valence-electron chi connectivity index (χ4n) is 11.5. The van der Waals surface area contributed by atoms with Crippen LogP contribution in [0, 0.1) is 34.0 Å². The maximum absolute atomic E-state index is 14.1. The molecule has 3 aliphatic carbocycles. The van der Waals surface area contributed by atoms with Gasteiger partial charge in [0.1, 0.15) is 23.2 Å². The molecule has 8 aliphatic rings. The molecule has 4 saturated heterocycles. The number of allylic oxidation sites excluding steroid dienone is 1. The second-order valence-corrected chi connectivity index (χ2v) is 15.2. The smallest absolute Gasteiger partial charge is 0.366 e. The minimum Gasteiger partial charge on any atom is -0.469 e. The zero-order chi connectivity index (χ0) is 36.0. The van der Waals surface area contributed by atoms with E-state index in [1.807, 2.05) is 0 Å². The summed E-state index contributed by atoms with van der Waals surface area (Å²) in [6.45, 7) is 5.12. The molecule has 16 atom stereocenters. The lowest BCUT2D eigenvalue weighted by Gasteiger charge is -2.65. The number of esters is 4. The van der Waals surface area contributed by atoms with Gasteiger partial charge in [-0.1, -0.05) is 13.0 Å². The Bertz CT molecular complexity index is 1610. The van der Waals surface area contributed by atoms with Crippen LogP contribution in [0.1, 0.15) is 40.5 Å². The minimum atomic E-state index is -2.81. The van der Waals surface area contributed by atoms with E-state index < -0.39 is 124 Å². The Morgan fingerprint density at radius 1 is 0.980 bits per heavy atom. The largest absolute Gasteiger partial charge is 0.469 e. The highest BCUT2D eigenvalue weighted by Crippen LogP contribution is 2.80. The van der Waals surface area contributed by atoms with Gasteiger partial charge in [-0.05, 0) is 26.3 Å². The number of methoxy groups -OCH3 is 2. The molecule has 2 bridgehead atoms. The van der Waals surface area contributed by atoms with Crippen molar-refractivity contribution >= 4 is 23.9 Å². The average Bonchev–Trinajstić information content (AvgIpc) is 3.34. The van der Waals surface area contributed by atoms with Crippen molar-refractivity contribution in [3.05, 3.63) is 24.0 Å². The summed E-state index contributed by atoms with van der Waals surface area (Å²) in [6, 6.07) is 0. The van der Waals surface area contributed by atoms with E-state index >= 15 is 0 Å². The van der Waals surface area contributed by atoms with Crippen molar-refractivity contribution in [2.75, 3.05) is 27.4 Å². The number of aliphatic hydroxyl groups excluding tert-OH is 1. The van der Waals surface area contributed by atoms with E-state index in [0.717, 1.165) is 14.2 Å². The Morgan fingerprint density at radius 3 is 2.36 bits per heavy atom. The van der Waals surface area contributed by atoms with Crippen LogP contribution in [-0.2, 0) is 61.8 Å². The summed E-state index contributed by atoms with van der Waals surface area (Å²) < 4.78 is 53.5. The van der Waals surface area contributed by atoms with Crippen molar-refractivity contribution < 1.29 is 77.1 Å². The van der Waals surface area contributed by atoms with Gasteiger partial charge in [-0.2, -0.15) is 0 Å². The third-order valence-electron chi connectivity index (χ3n) is 13.6. The van der Waals surface area contributed by atoms with Gasteiger partial charge in [0.05, 0.1) is 58.1 Å². The molecule has 7 fully saturated rings. The number of carbonyl (C=O) groups excluding carboxylic acids is 4. The van der Waals surface area contributed by atoms with E-state index in [0.29, 0.717) is 0 Å². The van der Waals surface area contributed by atoms with E-state index in [1.54, 1.807) is 26.8 Å². The van der Waals surface area contributed by atoms with E-state index in [9.17, 15) is 34.5 Å². The van der Waals surface area contributed by atoms with E-state index in [-0.39, 0.29) is 25.0 Å². The number of epoxide rings is 1. The van der Waals surface area contributed by atoms with Gasteiger partial charge in [0.25, 0.3) is 5.79 Å². The molecule has 8 rings (SSSR count). The van der Waals surface area contributed by atoms with Crippen LogP contribution in [0.4, 0.5) is 0 Å². The SMILES string of the molecule is C/C=C(\C)C(=O)O[C@H]1C[C@@H](OC(C)=O)[C@@]2(C(=O)OC)CO[C@H]3[C@@H](O)[C@@](C)([C@]45OC4C4C[C@H]5O[C@@H]5OC=C[C@]45O)[C@H]4[C@]1(CO[C@]4(O)C(=O)OC)[C@@H]32. The lowest BCUT2D eigenvalue weighted by atomic mass is 9.37. The van der Waals surface area contributed by atoms with Gasteiger partial charge in [0.15, 0.2) is 5.60 Å². The number of rotatable bonds is 6. The normalized spacial score (nSPS) is 53.3. The number of aliphatic hydroxyl groups is 3. The molecular weight excluding hydrogens is 664 g/mol. The first-order chi connectivity index (χ1) is 23.6. The Morgan fingerprint density at radius 2 is 1.70 bits per heavy atom. The number of carbonyl (C=O) groups is 4. The van der Waals surface area contributed by atoms with Crippen molar-refractivity contribution in [3.63, 3.8) is 0 Å². The van der Waals surface area contributed by atoms with Crippen molar-refractivity contribution in [1.29, 1.82) is 0 Å². The van der Waals surface area contributed by atoms with Gasteiger partial charge in [-0.15, -0.1) is 0 Å². The van der Waals surface area contributed by atoms with Gasteiger partial charge >= 0.3 is 23.9 Å². The fraction of sp³-hybridized carbons (Fsp3) is 0.765. The highest BCUT2D eigenvalue weighted by atomic mass is 16.7. The Labute approximate surface area is 286 Å². The van der Waals surface area contributed by atoms with Crippen LogP contribution in [0.3, 0.4) is 0 Å². The van der Waals surface area contributed by atoms with E-state index in [2.05, 4.69) is 0 Å². The topological polar surface area (TPSA) is 215 Å². The molecule has 0 aromatic rings. The lowest BCUT2D eigenvalue weighted by Crippen LogP contribution is -2.79. The van der Waals surface area contributed by atoms with Crippen LogP contribution in [0.15, 0.2) is 24.0 Å². The molecule has 0 aromatic heterocycles. The second kappa shape index (κ2) is 10.5. The van der Waals surface area contributed by atoms with Gasteiger partial charge in [0, 0.05) is 47.5 Å². The van der Waals surface area contributed by atoms with Crippen molar-refractivity contribution in [2.24, 2.45) is 34.0 Å². The molecule has 3 saturated carbocycles. The van der Waals surface area contributed by atoms with Crippen LogP contribution >= 0.6 is 0 Å². The summed E-state index contributed by atoms with van der Waals surface area (Å²) in [5, 5.41) is 37.1. The first kappa shape index (κ1) is 34.0. The monoisotopic (exact) mass is 706 g/mol. The summed E-state index contributed by atoms with van der Waals surface area (Å²) >= 11 is 0. The van der Waals surface area contributed by atoms with Crippen LogP contribution < -0.4 is 0 Å². The molecule has 0 aromatic carbocycles. The van der Waals surface area contributed by atoms with E-state index in [1.165, 1.54) is 19.3 Å². The lowest BCUT2D eigenvalue weighted by molar-refractivity contribution is -0.314. The molecule has 0 radical (unpaired) electrons. The molecule has 2 unspecified atom stereocenters. The third-order valence-corrected chi connectivity index (χ3v) is 13.6. The highest BCUT2D eigenvalue weighted by Gasteiger charge is 2.94. The van der Waals surface area contributed by atoms with E-state index in [4.69, 9.17) is 42.6 Å². The van der Waals surface area contributed by atoms with Crippen molar-refractivity contribution in [3.8, 4) is 0 Å². The number of ether oxygens (including phenoxy) is 9. The first-order valence-corrected chi connectivity index (χ1v) is 16.8. The molecule has 3 N–H and O–H groups in total. The Kier molecular flexibility index (Phi) is 7.13. The summed E-state index contributed by atoms with van der Waals surface area (Å²) in [7, 11) is 2.23. The van der Waals surface area contributed by atoms with Gasteiger partial charge in [-0.25, -0.2) is 9.59 Å². The van der Waals surface area contributed by atoms with Crippen molar-refractivity contribution in [1.82, 2.24) is 0 Å². The maximum atomic E-state index is 14.1. The van der Waals surface area contributed by atoms with Gasteiger partial charge < -0.3 is 58.0 Å². The predicted octanol–water partition coefficient (Wildman–Crippen LogP) is -0.593. The van der Waals surface area contributed by atoms with Gasteiger partial charge in [0.2, 0.25) is 6.29 Å². The fourth-order valence-corrected chi connectivity index (χ4v) is 11.5. The zero-order valence-electron chi connectivity index (χ0n) is 28.5. The molecule has 16 nitrogen and oxygen atoms in total. The molecule has 5 heterocycles. The number of hydrogen-bond donors (Lipinski definition) is 3. The molecule has 50 heavy (non-hydrogen) atoms. The predicted molar refractivity (Wildman–Crippen MR) is 160 cm³/mol. The summed E-state index contributed by atoms with van der Waals surface area (Å²) in [5.41, 5.74) is -8.07. The van der Waals surface area contributed by atoms with Crippen LogP contribution in [-0.4, -0.2) is 127 Å². The maximum Gasteiger partial charge on any atom is 0.366 e. The molecule has 274 valence electrons. The van der Waals surface area contributed by atoms with Crippen molar-refractivity contribution in [2.45, 2.75) is 100 Å². The summed E-state index contributed by atoms with van der Waals surface area (Å²) in [5.74, 6) is -9.65. The third kappa shape index (κ3) is 3.60. The summed E-state index contributed by atoms with van der Waals surface area (Å²) in [4.78, 5) is 54.2. The number of fused-ring (bicyclic) bond motifs is 7. The molecule has 1 spiro atoms. The standard InChI is InChI=1S/C34H42O16/c1-7-14(2)24(37)48-17-11-18(47-15(3)35)31(26(38)42-5)12-45-20-21(31)30(17)13-46-34(41,27(39)43-6)25(30)29(4,22(20)36)33-19-10-16(23(33)50-33)32(40)8-9-44-28(32)49-19/h7-9,16-23,25,28,36,40-41H,10-13H2,1-6H3/b14-7+/t16?,17-,18+,19+,20+,21+,22+,23?,25-,28-,29+,30-,31-,32-,33+,34-/m0/s1. The Balaban J connectivity index is 1.38. The molecule has 16 heteroatoms. The quantitative estimate of drug-likeness (QED) is 0.136. The Hall–Kier alpha value is -3.12. The second-order valence-electron chi connectivity index (χ2n) is 15.2. The molecular formula is C34H42O16. The van der Waals surface area contributed by atoms with Crippen LogP contribution in [0.5, 0.6) is 0 Å². The molecule has 5 aliphatic heterocycles. The zero-order valence-corrected chi connectivity index (χ0v) is 28.5. The van der Waals surface area contributed by atoms with Crippen LogP contribution in [0.25, 0.3) is 0 Å². The van der Waals surface area contributed by atoms with Crippen LogP contribution in [0.2, 0.25) is 0 Å². The average molecular weight is 707 g/mol.